The summed E-state index contributed by atoms with van der Waals surface area (Å²) in [5, 5.41) is 5.88. The van der Waals surface area contributed by atoms with Gasteiger partial charge in [-0.15, -0.1) is 11.3 Å². The maximum absolute atomic E-state index is 12.3. The molecule has 1 aromatic carbocycles. The fraction of sp³-hybridized carbons (Fsp3) is 0.133. The van der Waals surface area contributed by atoms with E-state index in [9.17, 15) is 4.79 Å². The monoisotopic (exact) mass is 285 g/mol. The van der Waals surface area contributed by atoms with Gasteiger partial charge >= 0.3 is 0 Å². The summed E-state index contributed by atoms with van der Waals surface area (Å²) in [7, 11) is 0. The number of aryl methyl sites for hydroxylation is 1. The fourth-order valence-corrected chi connectivity index (χ4v) is 3.02. The van der Waals surface area contributed by atoms with Crippen LogP contribution in [0.25, 0.3) is 10.9 Å². The number of anilines is 1. The minimum atomic E-state index is -0.0752. The molecule has 5 heteroatoms. The van der Waals surface area contributed by atoms with Crippen molar-refractivity contribution in [3.8, 4) is 0 Å². The van der Waals surface area contributed by atoms with Gasteiger partial charge in [0.15, 0.2) is 0 Å². The predicted octanol–water partition coefficient (Wildman–Crippen LogP) is 3.05. The number of aromatic nitrogens is 1. The van der Waals surface area contributed by atoms with Crippen molar-refractivity contribution in [1.29, 1.82) is 0 Å². The predicted molar refractivity (Wildman–Crippen MR) is 82.9 cm³/mol. The maximum atomic E-state index is 12.3. The van der Waals surface area contributed by atoms with Crippen molar-refractivity contribution in [2.24, 2.45) is 0 Å². The van der Waals surface area contributed by atoms with E-state index in [1.807, 2.05) is 24.4 Å². The number of nitrogen functional groups attached to an aromatic ring is 1. The third-order valence-corrected chi connectivity index (χ3v) is 4.35. The lowest BCUT2D eigenvalue weighted by molar-refractivity contribution is 0.0953. The number of carbonyl (C=O) groups excluding carboxylic acids is 1. The summed E-state index contributed by atoms with van der Waals surface area (Å²) in [5.41, 5.74) is 9.15. The van der Waals surface area contributed by atoms with Crippen LogP contribution in [0.2, 0.25) is 0 Å². The molecule has 0 atom stereocenters. The first-order chi connectivity index (χ1) is 9.65. The van der Waals surface area contributed by atoms with Gasteiger partial charge in [0.1, 0.15) is 0 Å². The number of thiophene rings is 1. The van der Waals surface area contributed by atoms with Gasteiger partial charge in [0.25, 0.3) is 5.91 Å². The van der Waals surface area contributed by atoms with Gasteiger partial charge in [-0.2, -0.15) is 0 Å². The SMILES string of the molecule is Cc1ccsc1CNC(=O)c1c[nH]c2cc(N)ccc12. The molecule has 0 spiro atoms. The molecule has 0 radical (unpaired) electrons. The van der Waals surface area contributed by atoms with E-state index in [1.54, 1.807) is 23.6 Å². The van der Waals surface area contributed by atoms with Crippen LogP contribution in [0.1, 0.15) is 20.8 Å². The molecular formula is C15H15N3OS. The van der Waals surface area contributed by atoms with Crippen molar-refractivity contribution in [2.45, 2.75) is 13.5 Å². The minimum Gasteiger partial charge on any atom is -0.399 e. The molecule has 2 heterocycles. The Morgan fingerprint density at radius 1 is 1.40 bits per heavy atom. The van der Waals surface area contributed by atoms with Gasteiger partial charge < -0.3 is 16.0 Å². The van der Waals surface area contributed by atoms with E-state index < -0.39 is 0 Å². The summed E-state index contributed by atoms with van der Waals surface area (Å²) in [5.74, 6) is -0.0752. The van der Waals surface area contributed by atoms with E-state index in [0.29, 0.717) is 17.8 Å². The molecule has 20 heavy (non-hydrogen) atoms. The molecule has 0 saturated heterocycles. The van der Waals surface area contributed by atoms with Crippen LogP contribution in [-0.2, 0) is 6.54 Å². The molecule has 0 fully saturated rings. The van der Waals surface area contributed by atoms with Crippen LogP contribution in [0.5, 0.6) is 0 Å². The number of carbonyl (C=O) groups is 1. The molecule has 4 N–H and O–H groups in total. The molecule has 2 aromatic heterocycles. The smallest absolute Gasteiger partial charge is 0.253 e. The number of nitrogens with two attached hydrogens (primary N) is 1. The van der Waals surface area contributed by atoms with Gasteiger partial charge in [-0.1, -0.05) is 0 Å². The normalized spacial score (nSPS) is 10.8. The maximum Gasteiger partial charge on any atom is 0.253 e. The highest BCUT2D eigenvalue weighted by Crippen LogP contribution is 2.21. The molecule has 0 aliphatic heterocycles. The van der Waals surface area contributed by atoms with Crippen LogP contribution >= 0.6 is 11.3 Å². The first-order valence-corrected chi connectivity index (χ1v) is 7.21. The molecule has 4 nitrogen and oxygen atoms in total. The molecular weight excluding hydrogens is 270 g/mol. The number of hydrogen-bond donors (Lipinski definition) is 3. The number of amides is 1. The van der Waals surface area contributed by atoms with Crippen LogP contribution in [-0.4, -0.2) is 10.9 Å². The summed E-state index contributed by atoms with van der Waals surface area (Å²) >= 11 is 1.66. The minimum absolute atomic E-state index is 0.0752. The molecule has 0 bridgehead atoms. The van der Waals surface area contributed by atoms with Crippen LogP contribution in [0.4, 0.5) is 5.69 Å². The van der Waals surface area contributed by atoms with Gasteiger partial charge in [-0.25, -0.2) is 0 Å². The van der Waals surface area contributed by atoms with Gasteiger partial charge in [0.2, 0.25) is 0 Å². The highest BCUT2D eigenvalue weighted by molar-refractivity contribution is 7.10. The molecule has 0 saturated carbocycles. The zero-order valence-corrected chi connectivity index (χ0v) is 11.9. The third-order valence-electron chi connectivity index (χ3n) is 3.33. The average molecular weight is 285 g/mol. The standard InChI is InChI=1S/C15H15N3OS/c1-9-4-5-20-14(9)8-18-15(19)12-7-17-13-6-10(16)2-3-11(12)13/h2-7,17H,8,16H2,1H3,(H,18,19). The first kappa shape index (κ1) is 12.7. The Kier molecular flexibility index (Phi) is 3.20. The quantitative estimate of drug-likeness (QED) is 0.647. The molecule has 0 aliphatic rings. The fourth-order valence-electron chi connectivity index (χ4n) is 2.17. The number of fused-ring (bicyclic) bond motifs is 1. The Morgan fingerprint density at radius 3 is 3.00 bits per heavy atom. The van der Waals surface area contributed by atoms with Crippen LogP contribution in [0, 0.1) is 6.92 Å². The summed E-state index contributed by atoms with van der Waals surface area (Å²) in [6, 6.07) is 7.55. The van der Waals surface area contributed by atoms with Gasteiger partial charge in [0.05, 0.1) is 12.1 Å². The highest BCUT2D eigenvalue weighted by atomic mass is 32.1. The summed E-state index contributed by atoms with van der Waals surface area (Å²) in [4.78, 5) is 16.5. The van der Waals surface area contributed by atoms with Crippen molar-refractivity contribution in [2.75, 3.05) is 5.73 Å². The lowest BCUT2D eigenvalue weighted by Crippen LogP contribution is -2.22. The van der Waals surface area contributed by atoms with Gasteiger partial charge in [0, 0.05) is 27.7 Å². The lowest BCUT2D eigenvalue weighted by Gasteiger charge is -2.04. The Morgan fingerprint density at radius 2 is 2.25 bits per heavy atom. The Labute approximate surface area is 120 Å². The van der Waals surface area contributed by atoms with Gasteiger partial charge in [-0.05, 0) is 42.1 Å². The first-order valence-electron chi connectivity index (χ1n) is 6.33. The number of nitrogens with one attached hydrogen (secondary N) is 2. The van der Waals surface area contributed by atoms with E-state index in [1.165, 1.54) is 10.4 Å². The van der Waals surface area contributed by atoms with E-state index in [0.717, 1.165) is 10.9 Å². The van der Waals surface area contributed by atoms with Crippen LogP contribution < -0.4 is 11.1 Å². The van der Waals surface area contributed by atoms with E-state index in [2.05, 4.69) is 16.4 Å². The Hall–Kier alpha value is -2.27. The molecule has 3 rings (SSSR count). The number of H-pyrrole nitrogens is 1. The Bertz CT molecular complexity index is 772. The van der Waals surface area contributed by atoms with Crippen molar-refractivity contribution >= 4 is 33.8 Å². The largest absolute Gasteiger partial charge is 0.399 e. The molecule has 0 unspecified atom stereocenters. The number of aromatic amines is 1. The van der Waals surface area contributed by atoms with Crippen LogP contribution in [0.15, 0.2) is 35.8 Å². The van der Waals surface area contributed by atoms with E-state index >= 15 is 0 Å². The van der Waals surface area contributed by atoms with Crippen LogP contribution in [0.3, 0.4) is 0 Å². The van der Waals surface area contributed by atoms with Crippen molar-refractivity contribution in [3.05, 3.63) is 51.8 Å². The average Bonchev–Trinajstić information content (AvgIpc) is 3.02. The highest BCUT2D eigenvalue weighted by Gasteiger charge is 2.12. The van der Waals surface area contributed by atoms with Gasteiger partial charge in [-0.3, -0.25) is 4.79 Å². The zero-order chi connectivity index (χ0) is 14.1. The summed E-state index contributed by atoms with van der Waals surface area (Å²) < 4.78 is 0. The van der Waals surface area contributed by atoms with E-state index in [-0.39, 0.29) is 5.91 Å². The molecule has 3 aromatic rings. The topological polar surface area (TPSA) is 70.9 Å². The van der Waals surface area contributed by atoms with E-state index in [4.69, 9.17) is 5.73 Å². The Balaban J connectivity index is 1.81. The lowest BCUT2D eigenvalue weighted by atomic mass is 10.1. The second kappa shape index (κ2) is 5.02. The molecule has 1 amide bonds. The molecule has 102 valence electrons. The summed E-state index contributed by atoms with van der Waals surface area (Å²) in [6.45, 7) is 2.61. The second-order valence-electron chi connectivity index (χ2n) is 4.72. The number of benzene rings is 1. The van der Waals surface area contributed by atoms with Crippen molar-refractivity contribution < 1.29 is 4.79 Å². The van der Waals surface area contributed by atoms with Crippen molar-refractivity contribution in [1.82, 2.24) is 10.3 Å². The van der Waals surface area contributed by atoms with Crippen molar-refractivity contribution in [3.63, 3.8) is 0 Å². The number of hydrogen-bond acceptors (Lipinski definition) is 3. The zero-order valence-electron chi connectivity index (χ0n) is 11.1. The second-order valence-corrected chi connectivity index (χ2v) is 5.72. The number of rotatable bonds is 3. The third kappa shape index (κ3) is 2.28. The summed E-state index contributed by atoms with van der Waals surface area (Å²) in [6.07, 6.45) is 1.72. The molecule has 0 aliphatic carbocycles.